The van der Waals surface area contributed by atoms with Crippen molar-refractivity contribution in [2.75, 3.05) is 13.1 Å². The first kappa shape index (κ1) is 13.4. The van der Waals surface area contributed by atoms with Crippen LogP contribution in [0.25, 0.3) is 0 Å². The van der Waals surface area contributed by atoms with E-state index in [0.717, 1.165) is 5.92 Å². The number of nitrogens with one attached hydrogen (secondary N) is 1. The van der Waals surface area contributed by atoms with Crippen LogP contribution >= 0.6 is 0 Å². The van der Waals surface area contributed by atoms with Gasteiger partial charge in [0, 0.05) is 30.2 Å². The van der Waals surface area contributed by atoms with Crippen LogP contribution in [0.3, 0.4) is 0 Å². The predicted octanol–water partition coefficient (Wildman–Crippen LogP) is 3.03. The lowest BCUT2D eigenvalue weighted by Gasteiger charge is -2.55. The fourth-order valence-corrected chi connectivity index (χ4v) is 3.68. The van der Waals surface area contributed by atoms with Gasteiger partial charge in [-0.2, -0.15) is 0 Å². The van der Waals surface area contributed by atoms with Crippen molar-refractivity contribution in [3.63, 3.8) is 0 Å². The molecule has 1 N–H and O–H groups in total. The molecule has 1 aliphatic heterocycles. The van der Waals surface area contributed by atoms with E-state index in [1.807, 2.05) is 0 Å². The molecule has 1 aliphatic carbocycles. The van der Waals surface area contributed by atoms with Gasteiger partial charge in [-0.05, 0) is 52.4 Å². The molecule has 1 saturated carbocycles. The van der Waals surface area contributed by atoms with Gasteiger partial charge in [0.2, 0.25) is 0 Å². The summed E-state index contributed by atoms with van der Waals surface area (Å²) in [6.07, 6.45) is 5.38. The maximum Gasteiger partial charge on any atom is 0.0332 e. The summed E-state index contributed by atoms with van der Waals surface area (Å²) in [5.74, 6) is 0.926. The molecular weight excluding hydrogens is 208 g/mol. The van der Waals surface area contributed by atoms with E-state index in [0.29, 0.717) is 17.1 Å². The molecule has 0 spiro atoms. The molecular formula is C15H30N2. The molecule has 0 radical (unpaired) electrons. The van der Waals surface area contributed by atoms with Crippen LogP contribution in [0.5, 0.6) is 0 Å². The summed E-state index contributed by atoms with van der Waals surface area (Å²) in [5.41, 5.74) is 0.765. The Labute approximate surface area is 107 Å². The minimum absolute atomic E-state index is 0.373. The number of hydrogen-bond donors (Lipinski definition) is 1. The SMILES string of the molecule is CCC1(CC)CNC(C)(C2CC2)CN1C(C)C. The third-order valence-electron chi connectivity index (χ3n) is 5.35. The molecule has 0 aromatic rings. The Morgan fingerprint density at radius 1 is 1.24 bits per heavy atom. The molecule has 0 bridgehead atoms. The second-order valence-corrected chi connectivity index (χ2v) is 6.70. The minimum atomic E-state index is 0.373. The van der Waals surface area contributed by atoms with Crippen LogP contribution in [0.4, 0.5) is 0 Å². The van der Waals surface area contributed by atoms with E-state index in [4.69, 9.17) is 0 Å². The highest BCUT2D eigenvalue weighted by atomic mass is 15.3. The molecule has 1 heterocycles. The van der Waals surface area contributed by atoms with E-state index in [2.05, 4.69) is 44.8 Å². The Morgan fingerprint density at radius 3 is 2.24 bits per heavy atom. The van der Waals surface area contributed by atoms with E-state index in [-0.39, 0.29) is 0 Å². The average molecular weight is 238 g/mol. The van der Waals surface area contributed by atoms with Gasteiger partial charge in [0.15, 0.2) is 0 Å². The topological polar surface area (TPSA) is 15.3 Å². The highest BCUT2D eigenvalue weighted by Gasteiger charge is 2.50. The first-order valence-corrected chi connectivity index (χ1v) is 7.49. The first-order valence-electron chi connectivity index (χ1n) is 7.49. The maximum absolute atomic E-state index is 3.89. The third kappa shape index (κ3) is 2.26. The third-order valence-corrected chi connectivity index (χ3v) is 5.35. The lowest BCUT2D eigenvalue weighted by molar-refractivity contribution is -0.0249. The van der Waals surface area contributed by atoms with E-state index >= 15 is 0 Å². The van der Waals surface area contributed by atoms with Crippen molar-refractivity contribution in [1.82, 2.24) is 10.2 Å². The number of piperazine rings is 1. The molecule has 17 heavy (non-hydrogen) atoms. The zero-order valence-electron chi connectivity index (χ0n) is 12.3. The summed E-state index contributed by atoms with van der Waals surface area (Å²) in [6, 6.07) is 0.662. The van der Waals surface area contributed by atoms with Crippen LogP contribution in [-0.2, 0) is 0 Å². The quantitative estimate of drug-likeness (QED) is 0.810. The molecule has 2 fully saturated rings. The fraction of sp³-hybridized carbons (Fsp3) is 1.00. The van der Waals surface area contributed by atoms with Gasteiger partial charge in [-0.1, -0.05) is 13.8 Å². The van der Waals surface area contributed by atoms with Gasteiger partial charge in [-0.15, -0.1) is 0 Å². The van der Waals surface area contributed by atoms with E-state index in [1.165, 1.54) is 38.8 Å². The lowest BCUT2D eigenvalue weighted by Crippen LogP contribution is -2.70. The molecule has 2 nitrogen and oxygen atoms in total. The summed E-state index contributed by atoms with van der Waals surface area (Å²) in [4.78, 5) is 2.78. The van der Waals surface area contributed by atoms with Gasteiger partial charge in [0.05, 0.1) is 0 Å². The van der Waals surface area contributed by atoms with Gasteiger partial charge in [0.25, 0.3) is 0 Å². The largest absolute Gasteiger partial charge is 0.308 e. The van der Waals surface area contributed by atoms with Crippen LogP contribution in [0.2, 0.25) is 0 Å². The number of nitrogens with zero attached hydrogens (tertiary/aromatic N) is 1. The predicted molar refractivity (Wildman–Crippen MR) is 74.3 cm³/mol. The van der Waals surface area contributed by atoms with Gasteiger partial charge in [-0.3, -0.25) is 4.90 Å². The normalized spacial score (nSPS) is 34.2. The minimum Gasteiger partial charge on any atom is -0.308 e. The molecule has 0 amide bonds. The fourth-order valence-electron chi connectivity index (χ4n) is 3.68. The molecule has 0 aromatic carbocycles. The molecule has 1 saturated heterocycles. The summed E-state index contributed by atoms with van der Waals surface area (Å²) >= 11 is 0. The lowest BCUT2D eigenvalue weighted by atomic mass is 9.81. The number of rotatable bonds is 4. The van der Waals surface area contributed by atoms with Crippen LogP contribution < -0.4 is 5.32 Å². The van der Waals surface area contributed by atoms with Gasteiger partial charge in [-0.25, -0.2) is 0 Å². The summed E-state index contributed by atoms with van der Waals surface area (Å²) < 4.78 is 0. The van der Waals surface area contributed by atoms with Gasteiger partial charge >= 0.3 is 0 Å². The summed E-state index contributed by atoms with van der Waals surface area (Å²) in [5, 5.41) is 3.89. The Kier molecular flexibility index (Phi) is 3.57. The Hall–Kier alpha value is -0.0800. The highest BCUT2D eigenvalue weighted by Crippen LogP contribution is 2.44. The van der Waals surface area contributed by atoms with Crippen molar-refractivity contribution in [2.24, 2.45) is 5.92 Å². The molecule has 2 aliphatic rings. The van der Waals surface area contributed by atoms with Crippen molar-refractivity contribution in [3.8, 4) is 0 Å². The zero-order chi connectivity index (χ0) is 12.7. The Balaban J connectivity index is 2.18. The first-order chi connectivity index (χ1) is 7.97. The van der Waals surface area contributed by atoms with E-state index < -0.39 is 0 Å². The van der Waals surface area contributed by atoms with Gasteiger partial charge in [0.1, 0.15) is 0 Å². The second-order valence-electron chi connectivity index (χ2n) is 6.70. The van der Waals surface area contributed by atoms with Gasteiger partial charge < -0.3 is 5.32 Å². The molecule has 0 aromatic heterocycles. The van der Waals surface area contributed by atoms with Crippen molar-refractivity contribution >= 4 is 0 Å². The molecule has 100 valence electrons. The molecule has 1 unspecified atom stereocenters. The van der Waals surface area contributed by atoms with E-state index in [9.17, 15) is 0 Å². The summed E-state index contributed by atoms with van der Waals surface area (Å²) in [6.45, 7) is 14.3. The monoisotopic (exact) mass is 238 g/mol. The summed E-state index contributed by atoms with van der Waals surface area (Å²) in [7, 11) is 0. The highest BCUT2D eigenvalue weighted by molar-refractivity contribution is 5.08. The average Bonchev–Trinajstić information content (AvgIpc) is 3.14. The van der Waals surface area contributed by atoms with Crippen LogP contribution in [-0.4, -0.2) is 35.1 Å². The van der Waals surface area contributed by atoms with Crippen molar-refractivity contribution in [1.29, 1.82) is 0 Å². The molecule has 2 rings (SSSR count). The maximum atomic E-state index is 3.89. The van der Waals surface area contributed by atoms with Crippen molar-refractivity contribution in [2.45, 2.75) is 77.4 Å². The standard InChI is InChI=1S/C15H30N2/c1-6-15(7-2)10-16-14(5,13-8-9-13)11-17(15)12(3)4/h12-13,16H,6-11H2,1-5H3. The molecule has 1 atom stereocenters. The zero-order valence-corrected chi connectivity index (χ0v) is 12.3. The van der Waals surface area contributed by atoms with Crippen molar-refractivity contribution < 1.29 is 0 Å². The molecule has 2 heteroatoms. The smallest absolute Gasteiger partial charge is 0.0332 e. The number of hydrogen-bond acceptors (Lipinski definition) is 2. The Morgan fingerprint density at radius 2 is 1.82 bits per heavy atom. The van der Waals surface area contributed by atoms with Crippen LogP contribution in [0, 0.1) is 5.92 Å². The van der Waals surface area contributed by atoms with Crippen molar-refractivity contribution in [3.05, 3.63) is 0 Å². The van der Waals surface area contributed by atoms with Crippen LogP contribution in [0.15, 0.2) is 0 Å². The second kappa shape index (κ2) is 4.55. The Bertz CT molecular complexity index is 266. The van der Waals surface area contributed by atoms with E-state index in [1.54, 1.807) is 0 Å². The van der Waals surface area contributed by atoms with Crippen LogP contribution in [0.1, 0.15) is 60.3 Å².